The quantitative estimate of drug-likeness (QED) is 0.343. The number of likely N-dealkylation sites (N-methyl/N-ethyl adjacent to an activating group) is 1. The van der Waals surface area contributed by atoms with Gasteiger partial charge in [0.2, 0.25) is 11.8 Å². The fourth-order valence-corrected chi connectivity index (χ4v) is 4.74. The third-order valence-corrected chi connectivity index (χ3v) is 6.82. The molecule has 2 amide bonds. The molecule has 3 heterocycles. The fraction of sp³-hybridized carbons (Fsp3) is 0.233. The molecule has 39 heavy (non-hydrogen) atoms. The van der Waals surface area contributed by atoms with E-state index < -0.39 is 0 Å². The molecule has 0 saturated heterocycles. The van der Waals surface area contributed by atoms with E-state index in [4.69, 9.17) is 4.74 Å². The van der Waals surface area contributed by atoms with Crippen LogP contribution in [0.15, 0.2) is 72.9 Å². The first-order valence-corrected chi connectivity index (χ1v) is 12.5. The normalized spacial score (nSPS) is 13.5. The number of hydrogen-bond acceptors (Lipinski definition) is 5. The molecule has 0 aliphatic carbocycles. The van der Waals surface area contributed by atoms with Crippen LogP contribution in [0.25, 0.3) is 17.0 Å². The lowest BCUT2D eigenvalue weighted by atomic mass is 10.1. The number of carbonyl (C=O) groups excluding carboxylic acids is 2. The van der Waals surface area contributed by atoms with Gasteiger partial charge >= 0.3 is 0 Å². The van der Waals surface area contributed by atoms with Crippen LogP contribution in [0.5, 0.6) is 5.75 Å². The predicted octanol–water partition coefficient (Wildman–Crippen LogP) is 4.63. The van der Waals surface area contributed by atoms with Crippen molar-refractivity contribution in [1.29, 1.82) is 0 Å². The molecule has 1 aliphatic rings. The summed E-state index contributed by atoms with van der Waals surface area (Å²) in [6.45, 7) is 1.95. The van der Waals surface area contributed by atoms with Crippen molar-refractivity contribution in [2.24, 2.45) is 7.05 Å². The first kappa shape index (κ1) is 27.9. The summed E-state index contributed by atoms with van der Waals surface area (Å²) in [7, 11) is 5.46. The predicted molar refractivity (Wildman–Crippen MR) is 156 cm³/mol. The van der Waals surface area contributed by atoms with E-state index in [1.54, 1.807) is 37.4 Å². The van der Waals surface area contributed by atoms with E-state index in [-0.39, 0.29) is 30.8 Å². The molecule has 2 aromatic carbocycles. The summed E-state index contributed by atoms with van der Waals surface area (Å²) in [6.07, 6.45) is 5.01. The van der Waals surface area contributed by atoms with Crippen LogP contribution >= 0.6 is 12.4 Å². The van der Waals surface area contributed by atoms with Crippen LogP contribution in [0, 0.1) is 0 Å². The zero-order valence-corrected chi connectivity index (χ0v) is 23.1. The molecule has 0 radical (unpaired) electrons. The van der Waals surface area contributed by atoms with Gasteiger partial charge in [0.05, 0.1) is 20.2 Å². The lowest BCUT2D eigenvalue weighted by molar-refractivity contribution is -0.125. The minimum absolute atomic E-state index is 0. The molecule has 0 bridgehead atoms. The molecule has 0 spiro atoms. The van der Waals surface area contributed by atoms with Gasteiger partial charge in [-0.05, 0) is 52.9 Å². The Morgan fingerprint density at radius 3 is 2.64 bits per heavy atom. The summed E-state index contributed by atoms with van der Waals surface area (Å²) >= 11 is 0. The first-order chi connectivity index (χ1) is 18.4. The molecule has 0 fully saturated rings. The summed E-state index contributed by atoms with van der Waals surface area (Å²) < 4.78 is 7.35. The third-order valence-electron chi connectivity index (χ3n) is 6.82. The highest BCUT2D eigenvalue weighted by atomic mass is 35.5. The Hall–Kier alpha value is -4.14. The van der Waals surface area contributed by atoms with Crippen molar-refractivity contribution in [3.8, 4) is 5.75 Å². The monoisotopic (exact) mass is 545 g/mol. The summed E-state index contributed by atoms with van der Waals surface area (Å²) in [4.78, 5) is 33.6. The Kier molecular flexibility index (Phi) is 8.69. The van der Waals surface area contributed by atoms with Crippen LogP contribution in [0.2, 0.25) is 0 Å². The van der Waals surface area contributed by atoms with Gasteiger partial charge < -0.3 is 19.5 Å². The zero-order valence-electron chi connectivity index (χ0n) is 22.3. The maximum absolute atomic E-state index is 12.9. The number of carbonyl (C=O) groups is 2. The van der Waals surface area contributed by atoms with E-state index in [1.165, 1.54) is 0 Å². The molecular weight excluding hydrogens is 514 g/mol. The Labute approximate surface area is 234 Å². The van der Waals surface area contributed by atoms with E-state index in [9.17, 15) is 9.59 Å². The first-order valence-electron chi connectivity index (χ1n) is 12.5. The van der Waals surface area contributed by atoms with Gasteiger partial charge in [0.15, 0.2) is 0 Å². The summed E-state index contributed by atoms with van der Waals surface area (Å²) in [5.74, 6) is 1.16. The number of methoxy groups -OCH3 is 1. The molecule has 8 nitrogen and oxygen atoms in total. The van der Waals surface area contributed by atoms with Crippen molar-refractivity contribution >= 4 is 47.0 Å². The van der Waals surface area contributed by atoms with Gasteiger partial charge in [-0.15, -0.1) is 12.4 Å². The molecule has 1 aliphatic heterocycles. The summed E-state index contributed by atoms with van der Waals surface area (Å²) in [6, 6.07) is 20.1. The lowest BCUT2D eigenvalue weighted by Gasteiger charge is -2.19. The van der Waals surface area contributed by atoms with Crippen molar-refractivity contribution < 1.29 is 14.3 Å². The number of pyridine rings is 1. The average Bonchev–Trinajstić information content (AvgIpc) is 3.13. The van der Waals surface area contributed by atoms with Crippen LogP contribution < -0.4 is 10.1 Å². The molecule has 202 valence electrons. The van der Waals surface area contributed by atoms with Crippen molar-refractivity contribution in [1.82, 2.24) is 19.4 Å². The molecule has 2 aromatic heterocycles. The second kappa shape index (κ2) is 12.1. The van der Waals surface area contributed by atoms with Gasteiger partial charge in [-0.3, -0.25) is 14.5 Å². The highest BCUT2D eigenvalue weighted by Crippen LogP contribution is 2.23. The van der Waals surface area contributed by atoms with Crippen LogP contribution in [0.3, 0.4) is 0 Å². The molecule has 0 atom stereocenters. The Morgan fingerprint density at radius 1 is 1.13 bits per heavy atom. The third kappa shape index (κ3) is 6.47. The molecule has 5 rings (SSSR count). The molecular formula is C30H32ClN5O3. The lowest BCUT2D eigenvalue weighted by Crippen LogP contribution is -2.29. The molecule has 0 saturated carbocycles. The summed E-state index contributed by atoms with van der Waals surface area (Å²) in [5.41, 5.74) is 5.00. The summed E-state index contributed by atoms with van der Waals surface area (Å²) in [5, 5.41) is 4.05. The number of aryl methyl sites for hydroxylation is 1. The molecule has 1 N–H and O–H groups in total. The van der Waals surface area contributed by atoms with Gasteiger partial charge in [0.25, 0.3) is 0 Å². The van der Waals surface area contributed by atoms with Crippen molar-refractivity contribution in [3.05, 3.63) is 95.3 Å². The second-order valence-corrected chi connectivity index (χ2v) is 9.60. The Balaban J connectivity index is 0.00000353. The van der Waals surface area contributed by atoms with Crippen molar-refractivity contribution in [3.63, 3.8) is 0 Å². The maximum Gasteiger partial charge on any atom is 0.246 e. The van der Waals surface area contributed by atoms with E-state index >= 15 is 0 Å². The van der Waals surface area contributed by atoms with Gasteiger partial charge in [-0.25, -0.2) is 4.98 Å². The number of benzene rings is 2. The Morgan fingerprint density at radius 2 is 1.90 bits per heavy atom. The van der Waals surface area contributed by atoms with Gasteiger partial charge in [0, 0.05) is 56.2 Å². The van der Waals surface area contributed by atoms with E-state index in [0.29, 0.717) is 25.5 Å². The number of ether oxygens (including phenoxy) is 1. The number of rotatable bonds is 7. The number of hydrogen-bond donors (Lipinski definition) is 1. The molecule has 9 heteroatoms. The van der Waals surface area contributed by atoms with Crippen molar-refractivity contribution in [2.45, 2.75) is 19.6 Å². The average molecular weight is 546 g/mol. The van der Waals surface area contributed by atoms with Crippen LogP contribution in [-0.2, 0) is 36.3 Å². The van der Waals surface area contributed by atoms with Crippen LogP contribution in [0.1, 0.15) is 22.4 Å². The van der Waals surface area contributed by atoms with Gasteiger partial charge in [0.1, 0.15) is 11.6 Å². The number of halogens is 1. The highest BCUT2D eigenvalue weighted by molar-refractivity contribution is 5.93. The van der Waals surface area contributed by atoms with Crippen molar-refractivity contribution in [2.75, 3.05) is 26.0 Å². The largest absolute Gasteiger partial charge is 0.497 e. The van der Waals surface area contributed by atoms with E-state index in [2.05, 4.69) is 38.0 Å². The van der Waals surface area contributed by atoms with Gasteiger partial charge in [-0.2, -0.15) is 0 Å². The number of nitrogens with zero attached hydrogens (tertiary/aromatic N) is 4. The minimum atomic E-state index is -0.0989. The second-order valence-electron chi connectivity index (χ2n) is 9.60. The Bertz CT molecular complexity index is 1510. The topological polar surface area (TPSA) is 79.7 Å². The standard InChI is InChI=1S/C30H31N5O3.ClH/c1-33(19-25-15-23-6-4-5-7-27(23)34(25)2)29(37)13-10-22-14-24-18-35(20-28(36)32-30(24)31-16-22)17-21-8-11-26(38-3)12-9-21;/h4-16H,17-20H2,1-3H3,(H,31,32,36);1H. The number of amides is 2. The number of para-hydroxylation sites is 1. The smallest absolute Gasteiger partial charge is 0.246 e. The maximum atomic E-state index is 12.9. The number of anilines is 1. The molecule has 0 unspecified atom stereocenters. The number of aromatic nitrogens is 2. The SMILES string of the molecule is COc1ccc(CN2CC(=O)Nc3ncc(C=CC(=O)N(C)Cc4cc5ccccc5n4C)cc3C2)cc1.Cl. The van der Waals surface area contributed by atoms with Crippen LogP contribution in [-0.4, -0.2) is 51.9 Å². The van der Waals surface area contributed by atoms with E-state index in [0.717, 1.165) is 39.0 Å². The number of fused-ring (bicyclic) bond motifs is 2. The zero-order chi connectivity index (χ0) is 26.6. The highest BCUT2D eigenvalue weighted by Gasteiger charge is 2.20. The fourth-order valence-electron chi connectivity index (χ4n) is 4.74. The van der Waals surface area contributed by atoms with Crippen LogP contribution in [0.4, 0.5) is 5.82 Å². The minimum Gasteiger partial charge on any atom is -0.497 e. The number of nitrogens with one attached hydrogen (secondary N) is 1. The van der Waals surface area contributed by atoms with Gasteiger partial charge in [-0.1, -0.05) is 30.3 Å². The molecule has 4 aromatic rings. The van der Waals surface area contributed by atoms with E-state index in [1.807, 2.05) is 49.5 Å².